The van der Waals surface area contributed by atoms with Crippen molar-refractivity contribution in [1.82, 2.24) is 0 Å². The fourth-order valence-electron chi connectivity index (χ4n) is 2.79. The Morgan fingerprint density at radius 3 is 1.37 bits per heavy atom. The Labute approximate surface area is 227 Å². The van der Waals surface area contributed by atoms with Gasteiger partial charge >= 0.3 is 5.97 Å². The average molecular weight is 546 g/mol. The first-order valence-electron chi connectivity index (χ1n) is 13.1. The SMILES string of the molecule is CC(C)(C)OC(=O)CCOCCOCCOCCOCCOCCOCCOCCOc1ccccc1N. The van der Waals surface area contributed by atoms with Gasteiger partial charge < -0.3 is 48.4 Å². The van der Waals surface area contributed by atoms with Crippen molar-refractivity contribution in [2.75, 3.05) is 105 Å². The molecule has 0 unspecified atom stereocenters. The van der Waals surface area contributed by atoms with E-state index in [4.69, 9.17) is 48.4 Å². The number of esters is 1. The van der Waals surface area contributed by atoms with E-state index in [2.05, 4.69) is 0 Å². The van der Waals surface area contributed by atoms with Gasteiger partial charge in [0.1, 0.15) is 18.0 Å². The van der Waals surface area contributed by atoms with Gasteiger partial charge in [0, 0.05) is 0 Å². The number of nitrogen functional groups attached to an aromatic ring is 1. The van der Waals surface area contributed by atoms with Gasteiger partial charge in [0.05, 0.1) is 105 Å². The van der Waals surface area contributed by atoms with Crippen molar-refractivity contribution in [3.8, 4) is 5.75 Å². The predicted octanol–water partition coefficient (Wildman–Crippen LogP) is 2.50. The number of para-hydroxylation sites is 2. The maximum absolute atomic E-state index is 11.5. The molecule has 11 nitrogen and oxygen atoms in total. The molecule has 38 heavy (non-hydrogen) atoms. The van der Waals surface area contributed by atoms with E-state index in [0.29, 0.717) is 111 Å². The van der Waals surface area contributed by atoms with Gasteiger partial charge in [-0.1, -0.05) is 12.1 Å². The molecule has 1 aromatic rings. The Hall–Kier alpha value is -1.99. The van der Waals surface area contributed by atoms with Gasteiger partial charge in [-0.25, -0.2) is 0 Å². The highest BCUT2D eigenvalue weighted by atomic mass is 16.6. The molecule has 2 N–H and O–H groups in total. The van der Waals surface area contributed by atoms with E-state index in [1.165, 1.54) is 0 Å². The van der Waals surface area contributed by atoms with Crippen LogP contribution >= 0.6 is 0 Å². The van der Waals surface area contributed by atoms with E-state index in [-0.39, 0.29) is 12.4 Å². The first-order chi connectivity index (χ1) is 18.4. The first-order valence-corrected chi connectivity index (χ1v) is 13.1. The number of hydrogen-bond donors (Lipinski definition) is 1. The highest BCUT2D eigenvalue weighted by molar-refractivity contribution is 5.69. The summed E-state index contributed by atoms with van der Waals surface area (Å²) in [5.41, 5.74) is 5.95. The van der Waals surface area contributed by atoms with Gasteiger partial charge in [-0.15, -0.1) is 0 Å². The van der Waals surface area contributed by atoms with Crippen molar-refractivity contribution in [2.24, 2.45) is 0 Å². The van der Waals surface area contributed by atoms with Gasteiger partial charge in [-0.05, 0) is 32.9 Å². The van der Waals surface area contributed by atoms with Crippen molar-refractivity contribution >= 4 is 11.7 Å². The number of carbonyl (C=O) groups is 1. The number of hydrogen-bond acceptors (Lipinski definition) is 11. The molecular weight excluding hydrogens is 498 g/mol. The molecule has 1 aromatic carbocycles. The van der Waals surface area contributed by atoms with Gasteiger partial charge in [-0.2, -0.15) is 0 Å². The molecule has 0 aliphatic carbocycles. The van der Waals surface area contributed by atoms with E-state index >= 15 is 0 Å². The van der Waals surface area contributed by atoms with Crippen LogP contribution < -0.4 is 10.5 Å². The molecule has 0 saturated heterocycles. The molecule has 0 amide bonds. The van der Waals surface area contributed by atoms with E-state index in [1.807, 2.05) is 39.0 Å². The minimum absolute atomic E-state index is 0.235. The van der Waals surface area contributed by atoms with E-state index < -0.39 is 5.60 Å². The molecule has 11 heteroatoms. The zero-order valence-corrected chi connectivity index (χ0v) is 23.3. The summed E-state index contributed by atoms with van der Waals surface area (Å²) in [5, 5.41) is 0. The molecule has 0 radical (unpaired) electrons. The lowest BCUT2D eigenvalue weighted by Crippen LogP contribution is -2.24. The standard InChI is InChI=1S/C27H47NO10/c1-27(2,3)38-26(29)8-9-30-10-11-31-12-13-32-14-15-33-16-17-34-18-19-35-20-21-36-22-23-37-25-7-5-4-6-24(25)28/h4-7H,8-23,28H2,1-3H3. The fraction of sp³-hybridized carbons (Fsp3) is 0.741. The van der Waals surface area contributed by atoms with E-state index in [1.54, 1.807) is 6.07 Å². The Balaban J connectivity index is 1.69. The number of carbonyl (C=O) groups excluding carboxylic acids is 1. The molecule has 0 spiro atoms. The first kappa shape index (κ1) is 34.0. The molecule has 1 rings (SSSR count). The lowest BCUT2D eigenvalue weighted by atomic mass is 10.2. The van der Waals surface area contributed by atoms with Crippen LogP contribution in [0, 0.1) is 0 Å². The van der Waals surface area contributed by atoms with Crippen LogP contribution in [0.25, 0.3) is 0 Å². The van der Waals surface area contributed by atoms with Crippen LogP contribution in [0.2, 0.25) is 0 Å². The molecule has 0 bridgehead atoms. The highest BCUT2D eigenvalue weighted by Crippen LogP contribution is 2.19. The van der Waals surface area contributed by atoms with Gasteiger partial charge in [0.25, 0.3) is 0 Å². The topological polar surface area (TPSA) is 126 Å². The van der Waals surface area contributed by atoms with Crippen LogP contribution in [0.3, 0.4) is 0 Å². The largest absolute Gasteiger partial charge is 0.489 e. The van der Waals surface area contributed by atoms with Crippen LogP contribution in [0.15, 0.2) is 24.3 Å². The summed E-state index contributed by atoms with van der Waals surface area (Å²) in [4.78, 5) is 11.5. The maximum atomic E-state index is 11.5. The average Bonchev–Trinajstić information content (AvgIpc) is 2.86. The zero-order chi connectivity index (χ0) is 27.7. The second-order valence-corrected chi connectivity index (χ2v) is 9.01. The molecule has 0 aromatic heterocycles. The minimum Gasteiger partial charge on any atom is -0.489 e. The summed E-state index contributed by atoms with van der Waals surface area (Å²) < 4.78 is 48.8. The quantitative estimate of drug-likeness (QED) is 0.111. The number of anilines is 1. The van der Waals surface area contributed by atoms with E-state index in [9.17, 15) is 4.79 Å². The van der Waals surface area contributed by atoms with Crippen LogP contribution in [0.1, 0.15) is 27.2 Å². The third-order valence-corrected chi connectivity index (χ3v) is 4.51. The second kappa shape index (κ2) is 22.9. The summed E-state index contributed by atoms with van der Waals surface area (Å²) in [7, 11) is 0. The molecule has 0 aliphatic heterocycles. The van der Waals surface area contributed by atoms with Crippen molar-refractivity contribution in [3.05, 3.63) is 24.3 Å². The monoisotopic (exact) mass is 545 g/mol. The van der Waals surface area contributed by atoms with Crippen LogP contribution in [0.5, 0.6) is 5.75 Å². The highest BCUT2D eigenvalue weighted by Gasteiger charge is 2.15. The lowest BCUT2D eigenvalue weighted by Gasteiger charge is -2.19. The Morgan fingerprint density at radius 2 is 0.974 bits per heavy atom. The van der Waals surface area contributed by atoms with Gasteiger partial charge in [0.15, 0.2) is 0 Å². The molecule has 220 valence electrons. The molecule has 0 aliphatic rings. The number of ether oxygens (including phenoxy) is 9. The summed E-state index contributed by atoms with van der Waals surface area (Å²) in [5.74, 6) is 0.403. The Kier molecular flexibility index (Phi) is 20.6. The zero-order valence-electron chi connectivity index (χ0n) is 23.3. The third kappa shape index (κ3) is 22.0. The molecular formula is C27H47NO10. The maximum Gasteiger partial charge on any atom is 0.308 e. The van der Waals surface area contributed by atoms with Crippen molar-refractivity contribution < 1.29 is 47.4 Å². The summed E-state index contributed by atoms with van der Waals surface area (Å²) >= 11 is 0. The Morgan fingerprint density at radius 1 is 0.605 bits per heavy atom. The van der Waals surface area contributed by atoms with Crippen LogP contribution in [0.4, 0.5) is 5.69 Å². The Bertz CT molecular complexity index is 699. The summed E-state index contributed by atoms with van der Waals surface area (Å²) in [6.07, 6.45) is 0.235. The van der Waals surface area contributed by atoms with Gasteiger partial charge in [-0.3, -0.25) is 4.79 Å². The van der Waals surface area contributed by atoms with Gasteiger partial charge in [0.2, 0.25) is 0 Å². The predicted molar refractivity (Wildman–Crippen MR) is 143 cm³/mol. The normalized spacial score (nSPS) is 11.6. The third-order valence-electron chi connectivity index (χ3n) is 4.51. The molecule has 0 fully saturated rings. The van der Waals surface area contributed by atoms with E-state index in [0.717, 1.165) is 0 Å². The lowest BCUT2D eigenvalue weighted by molar-refractivity contribution is -0.156. The smallest absolute Gasteiger partial charge is 0.308 e. The number of nitrogens with two attached hydrogens (primary N) is 1. The minimum atomic E-state index is -0.470. The van der Waals surface area contributed by atoms with Crippen LogP contribution in [-0.4, -0.2) is 111 Å². The van der Waals surface area contributed by atoms with Crippen molar-refractivity contribution in [3.63, 3.8) is 0 Å². The summed E-state index contributed by atoms with van der Waals surface area (Å²) in [6, 6.07) is 7.36. The molecule has 0 saturated carbocycles. The second-order valence-electron chi connectivity index (χ2n) is 9.01. The number of rotatable bonds is 25. The van der Waals surface area contributed by atoms with Crippen molar-refractivity contribution in [2.45, 2.75) is 32.8 Å². The summed E-state index contributed by atoms with van der Waals surface area (Å²) in [6.45, 7) is 12.5. The van der Waals surface area contributed by atoms with Crippen molar-refractivity contribution in [1.29, 1.82) is 0 Å². The molecule has 0 atom stereocenters. The number of benzene rings is 1. The fourth-order valence-corrected chi connectivity index (χ4v) is 2.79. The molecule has 0 heterocycles. The van der Waals surface area contributed by atoms with Crippen LogP contribution in [-0.2, 0) is 42.7 Å².